The zero-order valence-electron chi connectivity index (χ0n) is 21.3. The van der Waals surface area contributed by atoms with Gasteiger partial charge < -0.3 is 9.80 Å². The van der Waals surface area contributed by atoms with Crippen LogP contribution in [0.25, 0.3) is 11.3 Å². The van der Waals surface area contributed by atoms with E-state index in [9.17, 15) is 19.2 Å². The molecule has 4 amide bonds. The van der Waals surface area contributed by atoms with Crippen molar-refractivity contribution in [2.24, 2.45) is 5.92 Å². The van der Waals surface area contributed by atoms with Crippen LogP contribution in [0.3, 0.4) is 0 Å². The summed E-state index contributed by atoms with van der Waals surface area (Å²) in [6.07, 6.45) is 4.20. The summed E-state index contributed by atoms with van der Waals surface area (Å²) in [5.41, 5.74) is 2.53. The maximum absolute atomic E-state index is 15.8. The van der Waals surface area contributed by atoms with Gasteiger partial charge in [-0.15, -0.1) is 0 Å². The molecule has 3 fully saturated rings. The number of aromatic nitrogens is 1. The summed E-state index contributed by atoms with van der Waals surface area (Å²) >= 11 is 0. The molecule has 198 valence electrons. The summed E-state index contributed by atoms with van der Waals surface area (Å²) in [7, 11) is 0. The SMILES string of the molecule is CC(=O)N1CC2CCCN(Cc3ccnc(-c4ccc5c(c4)CN(C4CCC(=O)NC4=O)C5=O)c3F)C2C1. The van der Waals surface area contributed by atoms with Gasteiger partial charge in [0.1, 0.15) is 11.7 Å². The second-order valence-corrected chi connectivity index (χ2v) is 10.8. The number of hydrogen-bond acceptors (Lipinski definition) is 6. The Balaban J connectivity index is 1.22. The molecule has 1 N–H and O–H groups in total. The largest absolute Gasteiger partial charge is 0.341 e. The number of likely N-dealkylation sites (tertiary alicyclic amines) is 2. The van der Waals surface area contributed by atoms with Crippen LogP contribution in [0.15, 0.2) is 30.5 Å². The average Bonchev–Trinajstić information content (AvgIpc) is 3.47. The molecule has 9 nitrogen and oxygen atoms in total. The Morgan fingerprint density at radius 3 is 2.79 bits per heavy atom. The second kappa shape index (κ2) is 9.58. The third-order valence-electron chi connectivity index (χ3n) is 8.48. The van der Waals surface area contributed by atoms with Crippen molar-refractivity contribution >= 4 is 23.6 Å². The molecule has 0 aliphatic carbocycles. The number of fused-ring (bicyclic) bond motifs is 2. The van der Waals surface area contributed by atoms with Crippen molar-refractivity contribution < 1.29 is 23.6 Å². The van der Waals surface area contributed by atoms with E-state index in [1.54, 1.807) is 37.4 Å². The lowest BCUT2D eigenvalue weighted by atomic mass is 9.91. The van der Waals surface area contributed by atoms with Crippen molar-refractivity contribution in [1.82, 2.24) is 25.0 Å². The first kappa shape index (κ1) is 24.7. The molecule has 3 atom stereocenters. The van der Waals surface area contributed by atoms with Crippen LogP contribution in [-0.2, 0) is 27.5 Å². The number of benzene rings is 1. The minimum absolute atomic E-state index is 0.0861. The maximum Gasteiger partial charge on any atom is 0.255 e. The minimum Gasteiger partial charge on any atom is -0.341 e. The quantitative estimate of drug-likeness (QED) is 0.621. The third-order valence-corrected chi connectivity index (χ3v) is 8.48. The molecule has 4 aliphatic heterocycles. The van der Waals surface area contributed by atoms with E-state index in [4.69, 9.17) is 0 Å². The number of piperidine rings is 2. The Kier molecular flexibility index (Phi) is 6.22. The first-order chi connectivity index (χ1) is 18.3. The first-order valence-corrected chi connectivity index (χ1v) is 13.2. The van der Waals surface area contributed by atoms with E-state index >= 15 is 4.39 Å². The zero-order chi connectivity index (χ0) is 26.6. The molecule has 1 aromatic heterocycles. The van der Waals surface area contributed by atoms with Crippen LogP contribution in [0.1, 0.15) is 54.1 Å². The number of hydrogen-bond donors (Lipinski definition) is 1. The molecule has 2 aromatic rings. The van der Waals surface area contributed by atoms with Crippen LogP contribution in [-0.4, -0.2) is 75.0 Å². The van der Waals surface area contributed by atoms with Crippen LogP contribution < -0.4 is 5.32 Å². The average molecular weight is 520 g/mol. The number of amides is 4. The molecule has 6 rings (SSSR count). The Bertz CT molecular complexity index is 1350. The van der Waals surface area contributed by atoms with Crippen LogP contribution >= 0.6 is 0 Å². The highest BCUT2D eigenvalue weighted by atomic mass is 19.1. The van der Waals surface area contributed by atoms with Crippen LogP contribution in [0.2, 0.25) is 0 Å². The van der Waals surface area contributed by atoms with Gasteiger partial charge in [-0.2, -0.15) is 0 Å². The molecule has 0 saturated carbocycles. The lowest BCUT2D eigenvalue weighted by molar-refractivity contribution is -0.137. The van der Waals surface area contributed by atoms with Crippen molar-refractivity contribution in [3.05, 3.63) is 53.0 Å². The molecule has 5 heterocycles. The van der Waals surface area contributed by atoms with Gasteiger partial charge in [0.05, 0.1) is 0 Å². The fourth-order valence-corrected chi connectivity index (χ4v) is 6.47. The number of imide groups is 1. The Labute approximate surface area is 220 Å². The van der Waals surface area contributed by atoms with E-state index in [1.807, 2.05) is 4.90 Å². The van der Waals surface area contributed by atoms with Gasteiger partial charge in [-0.05, 0) is 55.5 Å². The van der Waals surface area contributed by atoms with Crippen LogP contribution in [0.5, 0.6) is 0 Å². The van der Waals surface area contributed by atoms with E-state index in [1.165, 1.54) is 4.90 Å². The highest BCUT2D eigenvalue weighted by Gasteiger charge is 2.41. The smallest absolute Gasteiger partial charge is 0.255 e. The summed E-state index contributed by atoms with van der Waals surface area (Å²) in [4.78, 5) is 58.8. The summed E-state index contributed by atoms with van der Waals surface area (Å²) < 4.78 is 15.8. The molecule has 3 unspecified atom stereocenters. The van der Waals surface area contributed by atoms with E-state index in [2.05, 4.69) is 15.2 Å². The van der Waals surface area contributed by atoms with Crippen LogP contribution in [0, 0.1) is 11.7 Å². The van der Waals surface area contributed by atoms with Crippen molar-refractivity contribution in [3.8, 4) is 11.3 Å². The van der Waals surface area contributed by atoms with Gasteiger partial charge in [0, 0.05) is 68.5 Å². The number of pyridine rings is 1. The first-order valence-electron chi connectivity index (χ1n) is 13.2. The number of halogens is 1. The number of rotatable bonds is 4. The Morgan fingerprint density at radius 2 is 2.00 bits per heavy atom. The third kappa shape index (κ3) is 4.26. The van der Waals surface area contributed by atoms with Crippen molar-refractivity contribution in [2.75, 3.05) is 19.6 Å². The highest BCUT2D eigenvalue weighted by Crippen LogP contribution is 2.34. The molecule has 3 saturated heterocycles. The van der Waals surface area contributed by atoms with E-state index < -0.39 is 11.9 Å². The predicted molar refractivity (Wildman–Crippen MR) is 135 cm³/mol. The standard InChI is InChI=1S/C28H30FN5O4/c1-16(35)33-12-18-3-2-10-32(23(18)15-33)13-19-8-9-30-26(25(19)29)17-4-5-21-20(11-17)14-34(28(21)38)22-6-7-24(36)31-27(22)37/h4-5,8-9,11,18,22-23H,2-3,6-7,10,12-15H2,1H3,(H,31,36,37). The van der Waals surface area contributed by atoms with Crippen molar-refractivity contribution in [2.45, 2.75) is 57.8 Å². The fraction of sp³-hybridized carbons (Fsp3) is 0.464. The van der Waals surface area contributed by atoms with E-state index in [0.717, 1.165) is 25.9 Å². The predicted octanol–water partition coefficient (Wildman–Crippen LogP) is 2.09. The molecule has 10 heteroatoms. The monoisotopic (exact) mass is 519 g/mol. The minimum atomic E-state index is -0.697. The Morgan fingerprint density at radius 1 is 1.16 bits per heavy atom. The van der Waals surface area contributed by atoms with E-state index in [-0.39, 0.29) is 54.7 Å². The molecule has 0 spiro atoms. The van der Waals surface area contributed by atoms with Gasteiger partial charge in [-0.1, -0.05) is 6.07 Å². The number of nitrogens with zero attached hydrogens (tertiary/aromatic N) is 4. The number of nitrogens with one attached hydrogen (secondary N) is 1. The van der Waals surface area contributed by atoms with Gasteiger partial charge in [0.15, 0.2) is 5.82 Å². The normalized spacial score (nSPS) is 25.4. The van der Waals surface area contributed by atoms with Crippen molar-refractivity contribution in [3.63, 3.8) is 0 Å². The summed E-state index contributed by atoms with van der Waals surface area (Å²) in [5, 5.41) is 2.31. The van der Waals surface area contributed by atoms with Gasteiger partial charge >= 0.3 is 0 Å². The lowest BCUT2D eigenvalue weighted by Crippen LogP contribution is -2.52. The summed E-state index contributed by atoms with van der Waals surface area (Å²) in [5.74, 6) is -0.942. The molecular formula is C28H30FN5O4. The van der Waals surface area contributed by atoms with Gasteiger partial charge in [0.25, 0.3) is 5.91 Å². The van der Waals surface area contributed by atoms with E-state index in [0.29, 0.717) is 41.3 Å². The highest BCUT2D eigenvalue weighted by molar-refractivity contribution is 6.05. The molecular weight excluding hydrogens is 489 g/mol. The molecule has 0 bridgehead atoms. The summed E-state index contributed by atoms with van der Waals surface area (Å²) in [6, 6.07) is 6.37. The Hall–Kier alpha value is -3.66. The van der Waals surface area contributed by atoms with Gasteiger partial charge in [-0.3, -0.25) is 34.4 Å². The lowest BCUT2D eigenvalue weighted by Gasteiger charge is -2.36. The van der Waals surface area contributed by atoms with Gasteiger partial charge in [0.2, 0.25) is 17.7 Å². The molecule has 1 aromatic carbocycles. The van der Waals surface area contributed by atoms with Crippen molar-refractivity contribution in [1.29, 1.82) is 0 Å². The molecule has 4 aliphatic rings. The second-order valence-electron chi connectivity index (χ2n) is 10.8. The molecule has 38 heavy (non-hydrogen) atoms. The zero-order valence-corrected chi connectivity index (χ0v) is 21.3. The van der Waals surface area contributed by atoms with Crippen LogP contribution in [0.4, 0.5) is 4.39 Å². The topological polar surface area (TPSA) is 103 Å². The number of carbonyl (C=O) groups excluding carboxylic acids is 4. The number of carbonyl (C=O) groups is 4. The van der Waals surface area contributed by atoms with Gasteiger partial charge in [-0.25, -0.2) is 4.39 Å². The fourth-order valence-electron chi connectivity index (χ4n) is 6.47. The molecule has 0 radical (unpaired) electrons. The summed E-state index contributed by atoms with van der Waals surface area (Å²) in [6.45, 7) is 4.58. The maximum atomic E-state index is 15.8.